The first kappa shape index (κ1) is 28.1. The van der Waals surface area contributed by atoms with E-state index in [4.69, 9.17) is 18.9 Å². The maximum atomic E-state index is 11.8. The number of aliphatic hydroxyl groups is 1. The molecule has 7 heteroatoms. The van der Waals surface area contributed by atoms with Gasteiger partial charge in [-0.3, -0.25) is 4.79 Å². The molecule has 0 radical (unpaired) electrons. The Bertz CT molecular complexity index is 1000. The van der Waals surface area contributed by atoms with Crippen molar-refractivity contribution in [1.82, 2.24) is 5.32 Å². The predicted molar refractivity (Wildman–Crippen MR) is 152 cm³/mol. The second-order valence-corrected chi connectivity index (χ2v) is 15.8. The highest BCUT2D eigenvalue weighted by Gasteiger charge is 2.80. The summed E-state index contributed by atoms with van der Waals surface area (Å²) in [7, 11) is 0. The van der Waals surface area contributed by atoms with Gasteiger partial charge < -0.3 is 29.4 Å². The highest BCUT2D eigenvalue weighted by atomic mass is 16.7. The van der Waals surface area contributed by atoms with Crippen LogP contribution in [0.25, 0.3) is 0 Å². The van der Waals surface area contributed by atoms with Crippen LogP contribution in [0.4, 0.5) is 0 Å². The van der Waals surface area contributed by atoms with Crippen LogP contribution in [0, 0.1) is 45.3 Å². The molecule has 0 amide bonds. The molecule has 5 aliphatic carbocycles. The first-order valence-electron chi connectivity index (χ1n) is 16.5. The van der Waals surface area contributed by atoms with Gasteiger partial charge in [0.15, 0.2) is 12.4 Å². The molecule has 7 fully saturated rings. The molecule has 2 spiro atoms. The number of aliphatic hydroxyl groups excluding tert-OH is 1. The average Bonchev–Trinajstić information content (AvgIpc) is 3.49. The molecule has 13 atom stereocenters. The second kappa shape index (κ2) is 9.64. The molecular weight excluding hydrogens is 506 g/mol. The molecule has 2 aliphatic heterocycles. The maximum Gasteiger partial charge on any atom is 0.303 e. The number of esters is 1. The monoisotopic (exact) mass is 561 g/mol. The summed E-state index contributed by atoms with van der Waals surface area (Å²) >= 11 is 0. The lowest BCUT2D eigenvalue weighted by Gasteiger charge is -2.60. The van der Waals surface area contributed by atoms with Gasteiger partial charge in [-0.2, -0.15) is 0 Å². The molecular formula is C33H55NO6. The van der Waals surface area contributed by atoms with E-state index in [1.165, 1.54) is 45.4 Å². The Morgan fingerprint density at radius 3 is 2.55 bits per heavy atom. The third-order valence-electron chi connectivity index (χ3n) is 13.9. The van der Waals surface area contributed by atoms with Crippen molar-refractivity contribution in [2.45, 2.75) is 136 Å². The van der Waals surface area contributed by atoms with E-state index in [1.54, 1.807) is 6.92 Å². The van der Waals surface area contributed by atoms with Gasteiger partial charge >= 0.3 is 5.97 Å². The van der Waals surface area contributed by atoms with Crippen LogP contribution in [-0.4, -0.2) is 67.6 Å². The summed E-state index contributed by atoms with van der Waals surface area (Å²) in [5.74, 6) is 2.49. The van der Waals surface area contributed by atoms with Crippen LogP contribution >= 0.6 is 0 Å². The Balaban J connectivity index is 0.00000302. The quantitative estimate of drug-likeness (QED) is 0.453. The van der Waals surface area contributed by atoms with E-state index < -0.39 is 12.2 Å². The predicted octanol–water partition coefficient (Wildman–Crippen LogP) is 5.08. The zero-order valence-corrected chi connectivity index (χ0v) is 25.5. The minimum atomic E-state index is -0.724. The Hall–Kier alpha value is -0.730. The summed E-state index contributed by atoms with van der Waals surface area (Å²) < 4.78 is 24.9. The van der Waals surface area contributed by atoms with E-state index >= 15 is 0 Å². The highest BCUT2D eigenvalue weighted by molar-refractivity contribution is 5.66. The van der Waals surface area contributed by atoms with E-state index in [9.17, 15) is 9.90 Å². The number of morpholine rings is 1. The lowest BCUT2D eigenvalue weighted by Crippen LogP contribution is -2.56. The molecule has 7 aliphatic rings. The normalized spacial score (nSPS) is 52.1. The number of hydrogen-bond donors (Lipinski definition) is 2. The summed E-state index contributed by atoms with van der Waals surface area (Å²) in [6, 6.07) is 0. The van der Waals surface area contributed by atoms with E-state index in [2.05, 4.69) is 26.1 Å². The summed E-state index contributed by atoms with van der Waals surface area (Å²) in [5, 5.41) is 13.8. The molecule has 7 nitrogen and oxygen atoms in total. The number of ether oxygens (including phenoxy) is 4. The summed E-state index contributed by atoms with van der Waals surface area (Å²) in [5.41, 5.74) is 1.51. The van der Waals surface area contributed by atoms with Gasteiger partial charge in [-0.05, 0) is 116 Å². The van der Waals surface area contributed by atoms with Crippen molar-refractivity contribution < 1.29 is 30.3 Å². The standard InChI is InChI=1S/C33H53NO6.H2/c1-19(35)29(38-20(2)36)24-8-6-22-25(39-24)16-23-21-7-9-26-30(3,4)27(40-28-17-34-14-15-37-28)10-11-33(26)18-32(21,33)13-12-31(22,23)5;/h19,21-29,34-35H,6-18H2,1-5H3;1H. The molecule has 7 rings (SSSR count). The fourth-order valence-corrected chi connectivity index (χ4v) is 12.2. The molecule has 5 saturated carbocycles. The van der Waals surface area contributed by atoms with Gasteiger partial charge in [0.2, 0.25) is 0 Å². The summed E-state index contributed by atoms with van der Waals surface area (Å²) in [4.78, 5) is 11.8. The number of rotatable bonds is 5. The van der Waals surface area contributed by atoms with Gasteiger partial charge in [0, 0.05) is 21.4 Å². The average molecular weight is 562 g/mol. The zero-order valence-electron chi connectivity index (χ0n) is 25.5. The molecule has 2 N–H and O–H groups in total. The first-order chi connectivity index (χ1) is 19.0. The van der Waals surface area contributed by atoms with Gasteiger partial charge in [0.25, 0.3) is 0 Å². The number of hydrogen-bond acceptors (Lipinski definition) is 7. The highest BCUT2D eigenvalue weighted by Crippen LogP contribution is 2.87. The second-order valence-electron chi connectivity index (χ2n) is 15.8. The van der Waals surface area contributed by atoms with Gasteiger partial charge in [0.1, 0.15) is 0 Å². The Kier molecular flexibility index (Phi) is 6.76. The van der Waals surface area contributed by atoms with Crippen molar-refractivity contribution in [3.63, 3.8) is 0 Å². The number of carbonyl (C=O) groups is 1. The summed E-state index contributed by atoms with van der Waals surface area (Å²) in [6.45, 7) is 13.2. The SMILES string of the molecule is CC(=O)OC(C(C)O)C1CCC2C(CC3C4CCC5C(C)(C)C(OC6CNCCO6)CCC56CC46CCC23C)O1.[HH]. The first-order valence-corrected chi connectivity index (χ1v) is 16.5. The third-order valence-corrected chi connectivity index (χ3v) is 13.9. The van der Waals surface area contributed by atoms with Gasteiger partial charge in [-0.1, -0.05) is 20.8 Å². The minimum absolute atomic E-state index is 0. The lowest BCUT2D eigenvalue weighted by molar-refractivity contribution is -0.232. The topological polar surface area (TPSA) is 86.3 Å². The van der Waals surface area contributed by atoms with E-state index in [0.29, 0.717) is 28.1 Å². The molecule has 40 heavy (non-hydrogen) atoms. The van der Waals surface area contributed by atoms with Crippen LogP contribution in [0.15, 0.2) is 0 Å². The van der Waals surface area contributed by atoms with Gasteiger partial charge in [-0.15, -0.1) is 0 Å². The third kappa shape index (κ3) is 3.96. The van der Waals surface area contributed by atoms with Gasteiger partial charge in [0.05, 0.1) is 31.0 Å². The van der Waals surface area contributed by atoms with Crippen LogP contribution in [-0.2, 0) is 23.7 Å². The minimum Gasteiger partial charge on any atom is -0.457 e. The van der Waals surface area contributed by atoms with Crippen molar-refractivity contribution >= 4 is 5.97 Å². The molecule has 0 bridgehead atoms. The van der Waals surface area contributed by atoms with Crippen LogP contribution in [0.1, 0.15) is 100 Å². The van der Waals surface area contributed by atoms with Crippen LogP contribution < -0.4 is 5.32 Å². The largest absolute Gasteiger partial charge is 0.457 e. The Morgan fingerprint density at radius 2 is 1.82 bits per heavy atom. The Morgan fingerprint density at radius 1 is 1.02 bits per heavy atom. The summed E-state index contributed by atoms with van der Waals surface area (Å²) in [6.07, 6.45) is 11.3. The molecule has 2 saturated heterocycles. The molecule has 0 aromatic heterocycles. The fraction of sp³-hybridized carbons (Fsp3) is 0.970. The van der Waals surface area contributed by atoms with Crippen LogP contribution in [0.3, 0.4) is 0 Å². The van der Waals surface area contributed by atoms with E-state index in [0.717, 1.165) is 57.2 Å². The van der Waals surface area contributed by atoms with E-state index in [-0.39, 0.29) is 37.4 Å². The number of nitrogens with one attached hydrogen (secondary N) is 1. The van der Waals surface area contributed by atoms with Gasteiger partial charge in [-0.25, -0.2) is 0 Å². The van der Waals surface area contributed by atoms with Crippen LogP contribution in [0.5, 0.6) is 0 Å². The fourth-order valence-electron chi connectivity index (χ4n) is 12.2. The van der Waals surface area contributed by atoms with Crippen molar-refractivity contribution in [1.29, 1.82) is 0 Å². The van der Waals surface area contributed by atoms with Crippen molar-refractivity contribution in [3.8, 4) is 0 Å². The van der Waals surface area contributed by atoms with Crippen LogP contribution in [0.2, 0.25) is 0 Å². The van der Waals surface area contributed by atoms with Crippen molar-refractivity contribution in [2.24, 2.45) is 45.3 Å². The Labute approximate surface area is 242 Å². The zero-order chi connectivity index (χ0) is 28.1. The van der Waals surface area contributed by atoms with E-state index in [1.807, 2.05) is 0 Å². The van der Waals surface area contributed by atoms with Crippen molar-refractivity contribution in [3.05, 3.63) is 0 Å². The number of carbonyl (C=O) groups excluding carboxylic acids is 1. The number of fused-ring (bicyclic) bond motifs is 4. The lowest BCUT2D eigenvalue weighted by atomic mass is 9.46. The molecule has 0 aromatic rings. The maximum absolute atomic E-state index is 11.8. The molecule has 0 aromatic carbocycles. The molecule has 228 valence electrons. The smallest absolute Gasteiger partial charge is 0.303 e. The molecule has 2 heterocycles. The molecule has 13 unspecified atom stereocenters. The van der Waals surface area contributed by atoms with Crippen molar-refractivity contribution in [2.75, 3.05) is 19.7 Å².